The maximum Gasteiger partial charge on any atom is 0.303 e. The van der Waals surface area contributed by atoms with E-state index in [9.17, 15) is 9.90 Å². The molecule has 0 bridgehead atoms. The summed E-state index contributed by atoms with van der Waals surface area (Å²) in [5, 5.41) is 43.6. The van der Waals surface area contributed by atoms with Gasteiger partial charge in [-0.2, -0.15) is 0 Å². The number of hydrogen-bond acceptors (Lipinski definition) is 7. The Bertz CT molecular complexity index is 586. The number of unbranched alkanes of at least 4 members (excludes halogenated alkanes) is 4. The van der Waals surface area contributed by atoms with Crippen molar-refractivity contribution in [2.24, 2.45) is 0 Å². The molecule has 2 unspecified atom stereocenters. The largest absolute Gasteiger partial charge is 0.481 e. The molecule has 8 heteroatoms. The lowest BCUT2D eigenvalue weighted by Crippen LogP contribution is -2.25. The molecule has 0 aromatic rings. The maximum absolute atomic E-state index is 10.3. The minimum Gasteiger partial charge on any atom is -0.481 e. The van der Waals surface area contributed by atoms with E-state index in [0.29, 0.717) is 13.2 Å². The average molecular weight is 529 g/mol. The van der Waals surface area contributed by atoms with Crippen LogP contribution in [0.25, 0.3) is 0 Å². The second-order valence-electron chi connectivity index (χ2n) is 8.51. The van der Waals surface area contributed by atoms with E-state index in [2.05, 4.69) is 55.5 Å². The van der Waals surface area contributed by atoms with Crippen molar-refractivity contribution >= 4 is 5.97 Å². The molecule has 0 radical (unpaired) electrons. The summed E-state index contributed by atoms with van der Waals surface area (Å²) in [6, 6.07) is 0. The third-order valence-corrected chi connectivity index (χ3v) is 4.89. The van der Waals surface area contributed by atoms with E-state index >= 15 is 0 Å². The number of ether oxygens (including phenoxy) is 2. The van der Waals surface area contributed by atoms with Crippen LogP contribution in [0.3, 0.4) is 0 Å². The molecule has 0 amide bonds. The number of aliphatic hydroxyl groups is 4. The number of carbonyl (C=O) groups is 1. The number of aliphatic hydroxyl groups excluding tert-OH is 4. The minimum atomic E-state index is -0.908. The molecular weight excluding hydrogens is 476 g/mol. The van der Waals surface area contributed by atoms with Gasteiger partial charge >= 0.3 is 5.97 Å². The highest BCUT2D eigenvalue weighted by Crippen LogP contribution is 2.01. The summed E-state index contributed by atoms with van der Waals surface area (Å²) in [6.45, 7) is 2.90. The van der Waals surface area contributed by atoms with Crippen molar-refractivity contribution in [2.45, 2.75) is 89.8 Å². The topological polar surface area (TPSA) is 137 Å². The molecule has 0 aliphatic carbocycles. The molecule has 2 atom stereocenters. The number of hydrogen-bond donors (Lipinski definition) is 5. The lowest BCUT2D eigenvalue weighted by Gasteiger charge is -2.13. The molecule has 0 heterocycles. The van der Waals surface area contributed by atoms with Crippen molar-refractivity contribution < 1.29 is 39.8 Å². The first-order chi connectivity index (χ1) is 18.0. The van der Waals surface area contributed by atoms with Crippen LogP contribution in [-0.4, -0.2) is 83.4 Å². The monoisotopic (exact) mass is 528 g/mol. The molecule has 0 aromatic heterocycles. The number of carboxylic acids is 1. The molecule has 0 aromatic carbocycles. The number of carboxylic acid groups (broad SMARTS) is 1. The van der Waals surface area contributed by atoms with Crippen LogP contribution in [0.1, 0.15) is 77.6 Å². The number of rotatable bonds is 24. The van der Waals surface area contributed by atoms with Crippen molar-refractivity contribution in [1.29, 1.82) is 0 Å². The van der Waals surface area contributed by atoms with Gasteiger partial charge in [0.15, 0.2) is 0 Å². The van der Waals surface area contributed by atoms with Crippen LogP contribution >= 0.6 is 0 Å². The fourth-order valence-electron chi connectivity index (χ4n) is 2.89. The summed E-state index contributed by atoms with van der Waals surface area (Å²) in [7, 11) is 0. The first kappa shape index (κ1) is 37.3. The van der Waals surface area contributed by atoms with Gasteiger partial charge in [0.05, 0.1) is 51.8 Å². The Morgan fingerprint density at radius 1 is 0.730 bits per heavy atom. The predicted molar refractivity (Wildman–Crippen MR) is 148 cm³/mol. The van der Waals surface area contributed by atoms with Crippen molar-refractivity contribution in [3.63, 3.8) is 0 Å². The molecule has 0 fully saturated rings. The van der Waals surface area contributed by atoms with Gasteiger partial charge in [-0.3, -0.25) is 4.79 Å². The van der Waals surface area contributed by atoms with Gasteiger partial charge in [-0.1, -0.05) is 68.4 Å². The SMILES string of the molecule is CCCCC/C=C\C/C=C\C/C=C\C/C=C\CCCC(=O)O.OCCOCCOCC(O)CC(O)CO. The fraction of sp³-hybridized carbons (Fsp3) is 0.690. The second kappa shape index (κ2) is 32.2. The van der Waals surface area contributed by atoms with E-state index in [1.807, 2.05) is 0 Å². The van der Waals surface area contributed by atoms with E-state index in [0.717, 1.165) is 32.1 Å². The zero-order valence-electron chi connectivity index (χ0n) is 22.8. The van der Waals surface area contributed by atoms with E-state index in [1.54, 1.807) is 0 Å². The van der Waals surface area contributed by atoms with Crippen LogP contribution in [0.4, 0.5) is 0 Å². The molecule has 0 saturated heterocycles. The highest BCUT2D eigenvalue weighted by molar-refractivity contribution is 5.66. The van der Waals surface area contributed by atoms with Crippen LogP contribution in [0.15, 0.2) is 48.6 Å². The van der Waals surface area contributed by atoms with E-state index in [4.69, 9.17) is 29.9 Å². The minimum absolute atomic E-state index is 0.0225. The Morgan fingerprint density at radius 2 is 1.27 bits per heavy atom. The molecule has 37 heavy (non-hydrogen) atoms. The van der Waals surface area contributed by atoms with Crippen molar-refractivity contribution in [3.8, 4) is 0 Å². The van der Waals surface area contributed by atoms with Crippen molar-refractivity contribution in [1.82, 2.24) is 0 Å². The summed E-state index contributed by atoms with van der Waals surface area (Å²) < 4.78 is 9.96. The highest BCUT2D eigenvalue weighted by Gasteiger charge is 2.10. The zero-order chi connectivity index (χ0) is 27.8. The van der Waals surface area contributed by atoms with Gasteiger partial charge < -0.3 is 35.0 Å². The molecule has 0 aliphatic rings. The van der Waals surface area contributed by atoms with Crippen LogP contribution in [0.5, 0.6) is 0 Å². The van der Waals surface area contributed by atoms with Crippen LogP contribution < -0.4 is 0 Å². The summed E-state index contributed by atoms with van der Waals surface area (Å²) in [5.74, 6) is -0.712. The van der Waals surface area contributed by atoms with Crippen LogP contribution in [0.2, 0.25) is 0 Å². The van der Waals surface area contributed by atoms with Gasteiger partial charge in [-0.05, 0) is 44.9 Å². The van der Waals surface area contributed by atoms with Gasteiger partial charge in [0, 0.05) is 12.8 Å². The first-order valence-electron chi connectivity index (χ1n) is 13.5. The summed E-state index contributed by atoms with van der Waals surface area (Å²) in [4.78, 5) is 10.3. The molecule has 0 aliphatic heterocycles. The van der Waals surface area contributed by atoms with Crippen molar-refractivity contribution in [2.75, 3.05) is 39.6 Å². The summed E-state index contributed by atoms with van der Waals surface area (Å²) in [6.07, 6.45) is 25.7. The van der Waals surface area contributed by atoms with E-state index in [1.165, 1.54) is 25.7 Å². The summed E-state index contributed by atoms with van der Waals surface area (Å²) in [5.41, 5.74) is 0. The molecule has 5 N–H and O–H groups in total. The average Bonchev–Trinajstić information content (AvgIpc) is 2.88. The Morgan fingerprint density at radius 3 is 1.78 bits per heavy atom. The third kappa shape index (κ3) is 36.4. The molecule has 0 saturated carbocycles. The smallest absolute Gasteiger partial charge is 0.303 e. The summed E-state index contributed by atoms with van der Waals surface area (Å²) >= 11 is 0. The normalized spacial score (nSPS) is 13.5. The van der Waals surface area contributed by atoms with Crippen LogP contribution in [-0.2, 0) is 14.3 Å². The zero-order valence-corrected chi connectivity index (χ0v) is 22.8. The third-order valence-electron chi connectivity index (χ3n) is 4.89. The molecule has 0 spiro atoms. The first-order valence-corrected chi connectivity index (χ1v) is 13.5. The van der Waals surface area contributed by atoms with E-state index < -0.39 is 18.2 Å². The second-order valence-corrected chi connectivity index (χ2v) is 8.51. The number of aliphatic carboxylic acids is 1. The Balaban J connectivity index is 0. The molecular formula is C29H52O8. The lowest BCUT2D eigenvalue weighted by atomic mass is 10.2. The van der Waals surface area contributed by atoms with Gasteiger partial charge in [0.1, 0.15) is 0 Å². The Kier molecular flexibility index (Phi) is 32.5. The van der Waals surface area contributed by atoms with Gasteiger partial charge in [-0.25, -0.2) is 0 Å². The highest BCUT2D eigenvalue weighted by atomic mass is 16.5. The molecule has 8 nitrogen and oxygen atoms in total. The van der Waals surface area contributed by atoms with Gasteiger partial charge in [0.25, 0.3) is 0 Å². The Hall–Kier alpha value is -1.81. The lowest BCUT2D eigenvalue weighted by molar-refractivity contribution is -0.137. The fourth-order valence-corrected chi connectivity index (χ4v) is 2.89. The maximum atomic E-state index is 10.3. The van der Waals surface area contributed by atoms with Gasteiger partial charge in [-0.15, -0.1) is 0 Å². The Labute approximate surface area is 224 Å². The standard InChI is InChI=1S/C20H32O2.C9H20O6/c1-2-3-4-5-6-7-8-9-10-11-12-13-14-15-16-17-18-19-20(21)22;10-1-2-14-3-4-15-7-9(13)5-8(12)6-11/h6-7,9-10,12-13,15-16H,2-5,8,11,14,17-19H2,1H3,(H,21,22);8-13H,1-7H2/b7-6-,10-9-,13-12-,16-15-;. The van der Waals surface area contributed by atoms with Crippen molar-refractivity contribution in [3.05, 3.63) is 48.6 Å². The molecule has 0 rings (SSSR count). The predicted octanol–water partition coefficient (Wildman–Crippen LogP) is 4.33. The number of allylic oxidation sites excluding steroid dienone is 8. The van der Waals surface area contributed by atoms with Gasteiger partial charge in [0.2, 0.25) is 0 Å². The quantitative estimate of drug-likeness (QED) is 0.0922. The molecule has 216 valence electrons. The van der Waals surface area contributed by atoms with E-state index in [-0.39, 0.29) is 39.3 Å². The van der Waals surface area contributed by atoms with Crippen LogP contribution in [0, 0.1) is 0 Å².